The summed E-state index contributed by atoms with van der Waals surface area (Å²) in [7, 11) is 1.60. The fourth-order valence-corrected chi connectivity index (χ4v) is 1.95. The molecule has 0 fully saturated rings. The zero-order chi connectivity index (χ0) is 15.2. The maximum absolute atomic E-state index is 13.9. The number of methoxy groups -OCH3 is 1. The summed E-state index contributed by atoms with van der Waals surface area (Å²) in [6, 6.07) is 11.5. The molecule has 0 aliphatic heterocycles. The topological polar surface area (TPSA) is 45.0 Å². The zero-order valence-corrected chi connectivity index (χ0v) is 11.5. The summed E-state index contributed by atoms with van der Waals surface area (Å²) >= 11 is 0. The molecule has 0 saturated heterocycles. The summed E-state index contributed by atoms with van der Waals surface area (Å²) in [5.41, 5.74) is 1.29. The first kappa shape index (κ1) is 14.9. The van der Waals surface area contributed by atoms with E-state index < -0.39 is 11.6 Å². The Morgan fingerprint density at radius 2 is 1.86 bits per heavy atom. The van der Waals surface area contributed by atoms with Crippen molar-refractivity contribution in [2.75, 3.05) is 19.0 Å². The molecule has 0 atom stereocenters. The van der Waals surface area contributed by atoms with Crippen LogP contribution in [-0.4, -0.2) is 13.7 Å². The molecule has 21 heavy (non-hydrogen) atoms. The van der Waals surface area contributed by atoms with Crippen LogP contribution >= 0.6 is 0 Å². The lowest BCUT2D eigenvalue weighted by atomic mass is 10.1. The molecule has 0 spiro atoms. The molecule has 0 aliphatic carbocycles. The molecule has 0 aromatic heterocycles. The number of hydrogen-bond acceptors (Lipinski definition) is 3. The zero-order valence-electron chi connectivity index (χ0n) is 11.5. The molecule has 2 aromatic carbocycles. The van der Waals surface area contributed by atoms with Gasteiger partial charge in [-0.05, 0) is 30.2 Å². The van der Waals surface area contributed by atoms with Crippen LogP contribution in [0.2, 0.25) is 0 Å². The van der Waals surface area contributed by atoms with Gasteiger partial charge in [0.15, 0.2) is 11.6 Å². The highest BCUT2D eigenvalue weighted by atomic mass is 19.2. The first-order valence-electron chi connectivity index (χ1n) is 6.39. The molecule has 0 unspecified atom stereocenters. The van der Waals surface area contributed by atoms with E-state index in [0.717, 1.165) is 5.56 Å². The normalized spacial score (nSPS) is 10.2. The Bertz CT molecular complexity index is 680. The number of nitrogens with one attached hydrogen (secondary N) is 1. The van der Waals surface area contributed by atoms with Gasteiger partial charge in [0.25, 0.3) is 0 Å². The summed E-state index contributed by atoms with van der Waals surface area (Å²) in [4.78, 5) is 0. The molecule has 5 heteroatoms. The van der Waals surface area contributed by atoms with Crippen molar-refractivity contribution in [1.82, 2.24) is 0 Å². The number of hydrogen-bond donors (Lipinski definition) is 1. The molecule has 0 amide bonds. The van der Waals surface area contributed by atoms with Crippen LogP contribution in [-0.2, 0) is 11.2 Å². The number of para-hydroxylation sites is 1. The predicted molar refractivity (Wildman–Crippen MR) is 76.4 cm³/mol. The number of anilines is 2. The smallest absolute Gasteiger partial charge is 0.183 e. The second-order valence-corrected chi connectivity index (χ2v) is 4.43. The van der Waals surface area contributed by atoms with Gasteiger partial charge in [-0.15, -0.1) is 0 Å². The second-order valence-electron chi connectivity index (χ2n) is 4.43. The van der Waals surface area contributed by atoms with Gasteiger partial charge in [-0.25, -0.2) is 8.78 Å². The monoisotopic (exact) mass is 288 g/mol. The summed E-state index contributed by atoms with van der Waals surface area (Å²) in [6.07, 6.45) is 0.653. The van der Waals surface area contributed by atoms with E-state index in [1.165, 1.54) is 12.1 Å². The predicted octanol–water partition coefficient (Wildman–Crippen LogP) is 3.77. The fraction of sp³-hybridized carbons (Fsp3) is 0.188. The first-order chi connectivity index (χ1) is 10.2. The Morgan fingerprint density at radius 1 is 1.10 bits per heavy atom. The Kier molecular flexibility index (Phi) is 4.85. The van der Waals surface area contributed by atoms with E-state index >= 15 is 0 Å². The van der Waals surface area contributed by atoms with E-state index in [4.69, 9.17) is 10.00 Å². The number of halogens is 2. The van der Waals surface area contributed by atoms with Crippen molar-refractivity contribution in [3.63, 3.8) is 0 Å². The van der Waals surface area contributed by atoms with Gasteiger partial charge in [0.1, 0.15) is 6.07 Å². The maximum Gasteiger partial charge on any atom is 0.183 e. The van der Waals surface area contributed by atoms with E-state index in [2.05, 4.69) is 5.32 Å². The third-order valence-electron chi connectivity index (χ3n) is 3.06. The van der Waals surface area contributed by atoms with E-state index in [9.17, 15) is 8.78 Å². The van der Waals surface area contributed by atoms with Crippen molar-refractivity contribution in [2.45, 2.75) is 6.42 Å². The van der Waals surface area contributed by atoms with Gasteiger partial charge < -0.3 is 10.1 Å². The minimum atomic E-state index is -1.14. The van der Waals surface area contributed by atoms with Crippen LogP contribution in [0.1, 0.15) is 11.1 Å². The van der Waals surface area contributed by atoms with Gasteiger partial charge in [-0.2, -0.15) is 5.26 Å². The van der Waals surface area contributed by atoms with Crippen LogP contribution in [0.15, 0.2) is 36.4 Å². The van der Waals surface area contributed by atoms with Crippen molar-refractivity contribution in [1.29, 1.82) is 5.26 Å². The third-order valence-corrected chi connectivity index (χ3v) is 3.06. The summed E-state index contributed by atoms with van der Waals surface area (Å²) in [5.74, 6) is -2.20. The number of nitrogens with zero attached hydrogens (tertiary/aromatic N) is 1. The number of ether oxygens (including phenoxy) is 1. The highest BCUT2D eigenvalue weighted by Gasteiger charge is 2.14. The minimum absolute atomic E-state index is 0.00336. The SMILES string of the molecule is COCCc1ccccc1Nc1ccc(C#N)c(F)c1F. The van der Waals surface area contributed by atoms with Crippen molar-refractivity contribution in [3.05, 3.63) is 59.2 Å². The van der Waals surface area contributed by atoms with Crippen molar-refractivity contribution in [2.24, 2.45) is 0 Å². The third kappa shape index (κ3) is 3.36. The molecule has 1 N–H and O–H groups in total. The molecular formula is C16H14F2N2O. The fourth-order valence-electron chi connectivity index (χ4n) is 1.95. The molecule has 3 nitrogen and oxygen atoms in total. The van der Waals surface area contributed by atoms with E-state index in [1.54, 1.807) is 25.3 Å². The molecule has 2 rings (SSSR count). The van der Waals surface area contributed by atoms with Crippen molar-refractivity contribution < 1.29 is 13.5 Å². The summed E-state index contributed by atoms with van der Waals surface area (Å²) < 4.78 is 32.5. The number of nitriles is 1. The Balaban J connectivity index is 2.31. The highest BCUT2D eigenvalue weighted by molar-refractivity contribution is 5.64. The molecule has 108 valence electrons. The van der Waals surface area contributed by atoms with Crippen molar-refractivity contribution in [3.8, 4) is 6.07 Å². The standard InChI is InChI=1S/C16H14F2N2O/c1-21-9-8-11-4-2-3-5-13(11)20-14-7-6-12(10-19)15(17)16(14)18/h2-7,20H,8-9H2,1H3. The highest BCUT2D eigenvalue weighted by Crippen LogP contribution is 2.26. The average molecular weight is 288 g/mol. The Morgan fingerprint density at radius 3 is 2.57 bits per heavy atom. The van der Waals surface area contributed by atoms with Gasteiger partial charge in [-0.1, -0.05) is 18.2 Å². The molecule has 0 radical (unpaired) electrons. The van der Waals surface area contributed by atoms with Crippen LogP contribution in [0.3, 0.4) is 0 Å². The molecular weight excluding hydrogens is 274 g/mol. The van der Waals surface area contributed by atoms with E-state index in [1.807, 2.05) is 12.1 Å². The Labute approximate surface area is 121 Å². The largest absolute Gasteiger partial charge is 0.384 e. The van der Waals surface area contributed by atoms with Crippen LogP contribution in [0.4, 0.5) is 20.2 Å². The van der Waals surface area contributed by atoms with Gasteiger partial charge in [0.05, 0.1) is 17.9 Å². The first-order valence-corrected chi connectivity index (χ1v) is 6.39. The van der Waals surface area contributed by atoms with Gasteiger partial charge >= 0.3 is 0 Å². The average Bonchev–Trinajstić information content (AvgIpc) is 2.51. The van der Waals surface area contributed by atoms with E-state index in [-0.39, 0.29) is 11.3 Å². The van der Waals surface area contributed by atoms with Crippen LogP contribution in [0.5, 0.6) is 0 Å². The number of benzene rings is 2. The van der Waals surface area contributed by atoms with E-state index in [0.29, 0.717) is 18.7 Å². The summed E-state index contributed by atoms with van der Waals surface area (Å²) in [5, 5.41) is 11.5. The van der Waals surface area contributed by atoms with Gasteiger partial charge in [-0.3, -0.25) is 0 Å². The molecule has 0 heterocycles. The number of rotatable bonds is 5. The maximum atomic E-state index is 13.9. The lowest BCUT2D eigenvalue weighted by molar-refractivity contribution is 0.202. The summed E-state index contributed by atoms with van der Waals surface area (Å²) in [6.45, 7) is 0.531. The van der Waals surface area contributed by atoms with Gasteiger partial charge in [0.2, 0.25) is 0 Å². The van der Waals surface area contributed by atoms with Crippen LogP contribution in [0.25, 0.3) is 0 Å². The Hall–Kier alpha value is -2.45. The minimum Gasteiger partial charge on any atom is -0.384 e. The molecule has 0 saturated carbocycles. The molecule has 0 aliphatic rings. The lowest BCUT2D eigenvalue weighted by Crippen LogP contribution is -2.03. The lowest BCUT2D eigenvalue weighted by Gasteiger charge is -2.13. The van der Waals surface area contributed by atoms with Gasteiger partial charge in [0, 0.05) is 12.8 Å². The quantitative estimate of drug-likeness (QED) is 0.911. The second kappa shape index (κ2) is 6.82. The van der Waals surface area contributed by atoms with Crippen molar-refractivity contribution >= 4 is 11.4 Å². The molecule has 0 bridgehead atoms. The molecule has 2 aromatic rings. The van der Waals surface area contributed by atoms with Crippen LogP contribution in [0, 0.1) is 23.0 Å². The van der Waals surface area contributed by atoms with Crippen LogP contribution < -0.4 is 5.32 Å².